The molecule has 3 aliphatic rings. The average molecular weight is 556 g/mol. The van der Waals surface area contributed by atoms with Gasteiger partial charge in [-0.2, -0.15) is 0 Å². The first kappa shape index (κ1) is 26.8. The second-order valence-corrected chi connectivity index (χ2v) is 10.9. The van der Waals surface area contributed by atoms with E-state index < -0.39 is 11.3 Å². The van der Waals surface area contributed by atoms with Crippen molar-refractivity contribution in [2.45, 2.75) is 25.3 Å². The average Bonchev–Trinajstić information content (AvgIpc) is 3.47. The monoisotopic (exact) mass is 555 g/mol. The first-order valence-corrected chi connectivity index (χ1v) is 13.9. The van der Waals surface area contributed by atoms with Gasteiger partial charge in [-0.25, -0.2) is 4.98 Å². The Labute approximate surface area is 238 Å². The Bertz CT molecular complexity index is 1520. The molecule has 2 N–H and O–H groups in total. The number of carbonyl (C=O) groups is 3. The van der Waals surface area contributed by atoms with E-state index in [-0.39, 0.29) is 30.5 Å². The van der Waals surface area contributed by atoms with Crippen LogP contribution in [0.15, 0.2) is 54.6 Å². The minimum absolute atomic E-state index is 0.0580. The van der Waals surface area contributed by atoms with E-state index in [1.165, 1.54) is 0 Å². The van der Waals surface area contributed by atoms with E-state index in [1.54, 1.807) is 54.5 Å². The van der Waals surface area contributed by atoms with Gasteiger partial charge >= 0.3 is 0 Å². The van der Waals surface area contributed by atoms with E-state index in [2.05, 4.69) is 22.0 Å². The van der Waals surface area contributed by atoms with Crippen LogP contribution in [0.4, 0.5) is 5.82 Å². The van der Waals surface area contributed by atoms with Gasteiger partial charge in [-0.15, -0.1) is 0 Å². The van der Waals surface area contributed by atoms with Crippen molar-refractivity contribution in [3.8, 4) is 22.8 Å². The highest BCUT2D eigenvalue weighted by atomic mass is 16.5. The number of rotatable bonds is 7. The fraction of sp³-hybridized carbons (Fsp3) is 0.355. The maximum atomic E-state index is 13.3. The lowest BCUT2D eigenvalue weighted by atomic mass is 9.78. The number of hydrogen-bond acceptors (Lipinski definition) is 8. The minimum Gasteiger partial charge on any atom is -0.506 e. The summed E-state index contributed by atoms with van der Waals surface area (Å²) >= 11 is 0. The van der Waals surface area contributed by atoms with Crippen molar-refractivity contribution < 1.29 is 24.2 Å². The number of aromatic hydroxyl groups is 1. The first-order chi connectivity index (χ1) is 19.8. The maximum Gasteiger partial charge on any atom is 0.254 e. The molecule has 6 rings (SSSR count). The summed E-state index contributed by atoms with van der Waals surface area (Å²) in [4.78, 5) is 50.1. The molecule has 3 aliphatic heterocycles. The molecule has 1 aromatic heterocycles. The molecule has 0 bridgehead atoms. The molecule has 4 heterocycles. The molecular weight excluding hydrogens is 522 g/mol. The third-order valence-corrected chi connectivity index (χ3v) is 8.52. The largest absolute Gasteiger partial charge is 0.506 e. The molecule has 0 saturated carbocycles. The molecule has 0 unspecified atom stereocenters. The predicted molar refractivity (Wildman–Crippen MR) is 153 cm³/mol. The third kappa shape index (κ3) is 4.78. The van der Waals surface area contributed by atoms with Crippen molar-refractivity contribution in [3.63, 3.8) is 0 Å². The summed E-state index contributed by atoms with van der Waals surface area (Å²) < 4.78 is 5.28. The number of nitrogens with one attached hydrogen (secondary N) is 1. The zero-order chi connectivity index (χ0) is 28.7. The summed E-state index contributed by atoms with van der Waals surface area (Å²) in [6.07, 6.45) is -0.0582. The lowest BCUT2D eigenvalue weighted by Crippen LogP contribution is -2.46. The van der Waals surface area contributed by atoms with E-state index in [1.807, 2.05) is 12.1 Å². The SMILES string of the molecule is CCN1CCN(c2ccc(O)c(-c3ccc([C@@]4(CN5Cc6ccc(OC)cc6C5=O)CC(=O)NC4=O)cc3)n2)CC1. The van der Waals surface area contributed by atoms with Crippen molar-refractivity contribution >= 4 is 23.5 Å². The van der Waals surface area contributed by atoms with Crippen LogP contribution in [-0.2, 0) is 21.5 Å². The first-order valence-electron chi connectivity index (χ1n) is 13.9. The number of pyridine rings is 1. The van der Waals surface area contributed by atoms with Crippen molar-refractivity contribution in [3.05, 3.63) is 71.3 Å². The Balaban J connectivity index is 1.27. The second kappa shape index (κ2) is 10.5. The molecule has 3 aromatic rings. The molecule has 2 fully saturated rings. The maximum absolute atomic E-state index is 13.3. The minimum atomic E-state index is -1.23. The van der Waals surface area contributed by atoms with Gasteiger partial charge in [-0.3, -0.25) is 19.7 Å². The Morgan fingerprint density at radius 3 is 2.41 bits per heavy atom. The fourth-order valence-electron chi connectivity index (χ4n) is 6.09. The molecule has 0 radical (unpaired) electrons. The van der Waals surface area contributed by atoms with Gasteiger partial charge in [-0.1, -0.05) is 37.3 Å². The lowest BCUT2D eigenvalue weighted by Gasteiger charge is -2.35. The van der Waals surface area contributed by atoms with Gasteiger partial charge in [0.15, 0.2) is 0 Å². The van der Waals surface area contributed by atoms with Gasteiger partial charge in [0.1, 0.15) is 28.4 Å². The second-order valence-electron chi connectivity index (χ2n) is 10.9. The van der Waals surface area contributed by atoms with Gasteiger partial charge in [0.2, 0.25) is 11.8 Å². The summed E-state index contributed by atoms with van der Waals surface area (Å²) in [7, 11) is 1.55. The van der Waals surface area contributed by atoms with Crippen LogP contribution >= 0.6 is 0 Å². The van der Waals surface area contributed by atoms with Crippen LogP contribution in [0.5, 0.6) is 11.5 Å². The number of imide groups is 1. The number of methoxy groups -OCH3 is 1. The standard InChI is InChI=1S/C31H33N5O5/c1-3-34-12-14-35(15-13-34)26-11-10-25(37)28(32-26)20-4-7-22(8-5-20)31(17-27(38)33-30(31)40)19-36-18-21-6-9-23(41-2)16-24(21)29(36)39/h4-11,16,37H,3,12-15,17-19H2,1-2H3,(H,33,38,40)/t31-/m0/s1. The molecule has 3 amide bonds. The van der Waals surface area contributed by atoms with Crippen LogP contribution in [0, 0.1) is 0 Å². The molecule has 1 atom stereocenters. The van der Waals surface area contributed by atoms with Gasteiger partial charge < -0.3 is 24.5 Å². The molecule has 0 aliphatic carbocycles. The van der Waals surface area contributed by atoms with Gasteiger partial charge in [-0.05, 0) is 41.9 Å². The van der Waals surface area contributed by atoms with Crippen molar-refractivity contribution in [1.29, 1.82) is 0 Å². The highest BCUT2D eigenvalue weighted by Crippen LogP contribution is 2.38. The number of hydrogen-bond donors (Lipinski definition) is 2. The normalized spacial score (nSPS) is 20.9. The number of fused-ring (bicyclic) bond motifs is 1. The number of aromatic nitrogens is 1. The number of anilines is 1. The smallest absolute Gasteiger partial charge is 0.254 e. The van der Waals surface area contributed by atoms with E-state index >= 15 is 0 Å². The fourth-order valence-corrected chi connectivity index (χ4v) is 6.09. The van der Waals surface area contributed by atoms with Crippen LogP contribution in [0.1, 0.15) is 34.8 Å². The molecule has 0 spiro atoms. The summed E-state index contributed by atoms with van der Waals surface area (Å²) in [6, 6.07) is 16.0. The number of benzene rings is 2. The summed E-state index contributed by atoms with van der Waals surface area (Å²) in [5, 5.41) is 13.1. The molecule has 41 heavy (non-hydrogen) atoms. The van der Waals surface area contributed by atoms with E-state index in [9.17, 15) is 19.5 Å². The molecule has 2 saturated heterocycles. The highest BCUT2D eigenvalue weighted by Gasteiger charge is 2.50. The van der Waals surface area contributed by atoms with Crippen LogP contribution in [-0.4, -0.2) is 84.0 Å². The van der Waals surface area contributed by atoms with Gasteiger partial charge in [0.25, 0.3) is 5.91 Å². The quantitative estimate of drug-likeness (QED) is 0.428. The van der Waals surface area contributed by atoms with Crippen molar-refractivity contribution in [1.82, 2.24) is 20.1 Å². The number of carbonyl (C=O) groups excluding carboxylic acids is 3. The zero-order valence-electron chi connectivity index (χ0n) is 23.2. The van der Waals surface area contributed by atoms with E-state index in [0.29, 0.717) is 34.7 Å². The number of nitrogens with zero attached hydrogens (tertiary/aromatic N) is 4. The van der Waals surface area contributed by atoms with Crippen LogP contribution in [0.2, 0.25) is 0 Å². The van der Waals surface area contributed by atoms with Crippen LogP contribution < -0.4 is 15.0 Å². The van der Waals surface area contributed by atoms with Crippen LogP contribution in [0.3, 0.4) is 0 Å². The molecule has 2 aromatic carbocycles. The van der Waals surface area contributed by atoms with E-state index in [0.717, 1.165) is 44.1 Å². The molecule has 212 valence electrons. The number of ether oxygens (including phenoxy) is 1. The van der Waals surface area contributed by atoms with Gasteiger partial charge in [0, 0.05) is 56.8 Å². The Hall–Kier alpha value is -4.44. The molecule has 10 nitrogen and oxygen atoms in total. The Morgan fingerprint density at radius 2 is 1.76 bits per heavy atom. The number of amides is 3. The Morgan fingerprint density at radius 1 is 1.00 bits per heavy atom. The number of piperazine rings is 1. The predicted octanol–water partition coefficient (Wildman–Crippen LogP) is 2.55. The molecular formula is C31H33N5O5. The Kier molecular flexibility index (Phi) is 6.86. The summed E-state index contributed by atoms with van der Waals surface area (Å²) in [5.74, 6) is 0.451. The van der Waals surface area contributed by atoms with Crippen molar-refractivity contribution in [2.75, 3.05) is 51.3 Å². The summed E-state index contributed by atoms with van der Waals surface area (Å²) in [6.45, 7) is 7.23. The third-order valence-electron chi connectivity index (χ3n) is 8.52. The zero-order valence-corrected chi connectivity index (χ0v) is 23.2. The van der Waals surface area contributed by atoms with Crippen molar-refractivity contribution in [2.24, 2.45) is 0 Å². The highest BCUT2D eigenvalue weighted by molar-refractivity contribution is 6.10. The van der Waals surface area contributed by atoms with Gasteiger partial charge in [0.05, 0.1) is 7.11 Å². The molecule has 10 heteroatoms. The van der Waals surface area contributed by atoms with E-state index in [4.69, 9.17) is 9.72 Å². The topological polar surface area (TPSA) is 115 Å². The lowest BCUT2D eigenvalue weighted by molar-refractivity contribution is -0.126. The number of likely N-dealkylation sites (N-methyl/N-ethyl adjacent to an activating group) is 1. The van der Waals surface area contributed by atoms with Crippen LogP contribution in [0.25, 0.3) is 11.3 Å². The summed E-state index contributed by atoms with van der Waals surface area (Å²) in [5.41, 5.74) is 1.93.